The molecule has 1 rings (SSSR count). The van der Waals surface area contributed by atoms with Crippen molar-refractivity contribution in [2.45, 2.75) is 32.4 Å². The van der Waals surface area contributed by atoms with E-state index < -0.39 is 0 Å². The van der Waals surface area contributed by atoms with Crippen molar-refractivity contribution in [1.29, 1.82) is 0 Å². The van der Waals surface area contributed by atoms with E-state index in [9.17, 15) is 4.79 Å². The lowest BCUT2D eigenvalue weighted by Crippen LogP contribution is -2.34. The molecule has 0 spiro atoms. The van der Waals surface area contributed by atoms with Crippen molar-refractivity contribution in [3.05, 3.63) is 0 Å². The van der Waals surface area contributed by atoms with E-state index in [0.717, 1.165) is 19.6 Å². The van der Waals surface area contributed by atoms with E-state index >= 15 is 0 Å². The smallest absolute Gasteiger partial charge is 0.133 e. The summed E-state index contributed by atoms with van der Waals surface area (Å²) in [6, 6.07) is 0. The highest BCUT2D eigenvalue weighted by Crippen LogP contribution is 2.11. The molecule has 70 valence electrons. The van der Waals surface area contributed by atoms with E-state index in [0.29, 0.717) is 6.42 Å². The Balaban J connectivity index is 2.41. The first kappa shape index (κ1) is 9.68. The molecule has 1 aliphatic rings. The van der Waals surface area contributed by atoms with Crippen molar-refractivity contribution in [2.24, 2.45) is 0 Å². The fraction of sp³-hybridized carbons (Fsp3) is 0.889. The molecule has 0 aliphatic carbocycles. The third kappa shape index (κ3) is 2.91. The molecule has 0 bridgehead atoms. The standard InChI is InChI=1S/C9H17NO2/c1-8(11)7-9-10(2)5-3-4-6-12-9/h9H,3-7H2,1-2H3. The maximum Gasteiger partial charge on any atom is 0.133 e. The fourth-order valence-electron chi connectivity index (χ4n) is 1.41. The van der Waals surface area contributed by atoms with Crippen molar-refractivity contribution in [3.63, 3.8) is 0 Å². The number of hydrogen-bond acceptors (Lipinski definition) is 3. The van der Waals surface area contributed by atoms with Crippen LogP contribution in [0.2, 0.25) is 0 Å². The van der Waals surface area contributed by atoms with Gasteiger partial charge in [0, 0.05) is 19.6 Å². The van der Waals surface area contributed by atoms with Gasteiger partial charge in [-0.3, -0.25) is 9.69 Å². The number of hydrogen-bond donors (Lipinski definition) is 0. The molecule has 1 fully saturated rings. The number of Topliss-reactive ketones (excluding diaryl/α,β-unsaturated/α-hetero) is 1. The van der Waals surface area contributed by atoms with Crippen LogP contribution in [-0.4, -0.2) is 37.1 Å². The zero-order valence-corrected chi connectivity index (χ0v) is 7.88. The summed E-state index contributed by atoms with van der Waals surface area (Å²) in [5.74, 6) is 0.203. The Hall–Kier alpha value is -0.410. The second-order valence-electron chi connectivity index (χ2n) is 3.42. The van der Waals surface area contributed by atoms with Crippen molar-refractivity contribution in [2.75, 3.05) is 20.2 Å². The van der Waals surface area contributed by atoms with E-state index in [1.54, 1.807) is 6.92 Å². The molecule has 1 heterocycles. The van der Waals surface area contributed by atoms with Crippen molar-refractivity contribution >= 4 is 5.78 Å². The normalized spacial score (nSPS) is 26.7. The van der Waals surface area contributed by atoms with Crippen LogP contribution in [0.15, 0.2) is 0 Å². The number of nitrogens with zero attached hydrogens (tertiary/aromatic N) is 1. The largest absolute Gasteiger partial charge is 0.363 e. The lowest BCUT2D eigenvalue weighted by molar-refractivity contribution is -0.123. The molecule has 3 nitrogen and oxygen atoms in total. The molecule has 0 aromatic carbocycles. The van der Waals surface area contributed by atoms with Crippen LogP contribution in [0, 0.1) is 0 Å². The van der Waals surface area contributed by atoms with Gasteiger partial charge in [0.25, 0.3) is 0 Å². The minimum atomic E-state index is 0.0185. The summed E-state index contributed by atoms with van der Waals surface area (Å²) < 4.78 is 5.53. The molecular formula is C9H17NO2. The van der Waals surface area contributed by atoms with Gasteiger partial charge >= 0.3 is 0 Å². The summed E-state index contributed by atoms with van der Waals surface area (Å²) in [7, 11) is 2.01. The SMILES string of the molecule is CC(=O)CC1OCCCCN1C. The predicted octanol–water partition coefficient (Wildman–Crippen LogP) is 1.03. The molecular weight excluding hydrogens is 154 g/mol. The zero-order valence-electron chi connectivity index (χ0n) is 7.88. The van der Waals surface area contributed by atoms with E-state index in [2.05, 4.69) is 4.90 Å². The first-order valence-electron chi connectivity index (χ1n) is 4.51. The van der Waals surface area contributed by atoms with Crippen LogP contribution < -0.4 is 0 Å². The molecule has 1 atom stereocenters. The van der Waals surface area contributed by atoms with Gasteiger partial charge in [-0.25, -0.2) is 0 Å². The second-order valence-corrected chi connectivity index (χ2v) is 3.42. The Kier molecular flexibility index (Phi) is 3.69. The highest BCUT2D eigenvalue weighted by Gasteiger charge is 2.18. The van der Waals surface area contributed by atoms with Gasteiger partial charge < -0.3 is 4.74 Å². The Bertz CT molecular complexity index is 159. The zero-order chi connectivity index (χ0) is 8.97. The van der Waals surface area contributed by atoms with Crippen LogP contribution in [0.1, 0.15) is 26.2 Å². The quantitative estimate of drug-likeness (QED) is 0.621. The van der Waals surface area contributed by atoms with E-state index in [1.807, 2.05) is 7.05 Å². The molecule has 0 radical (unpaired) electrons. The first-order chi connectivity index (χ1) is 5.70. The van der Waals surface area contributed by atoms with Gasteiger partial charge in [0.15, 0.2) is 0 Å². The topological polar surface area (TPSA) is 29.5 Å². The van der Waals surface area contributed by atoms with Gasteiger partial charge in [-0.2, -0.15) is 0 Å². The van der Waals surface area contributed by atoms with Gasteiger partial charge in [0.1, 0.15) is 12.0 Å². The summed E-state index contributed by atoms with van der Waals surface area (Å²) >= 11 is 0. The van der Waals surface area contributed by atoms with E-state index in [4.69, 9.17) is 4.74 Å². The van der Waals surface area contributed by atoms with Gasteiger partial charge in [0.2, 0.25) is 0 Å². The molecule has 3 heteroatoms. The lowest BCUT2D eigenvalue weighted by Gasteiger charge is -2.23. The summed E-state index contributed by atoms with van der Waals surface area (Å²) in [6.07, 6.45) is 2.82. The monoisotopic (exact) mass is 171 g/mol. The maximum atomic E-state index is 10.9. The number of ether oxygens (including phenoxy) is 1. The molecule has 0 amide bonds. The van der Waals surface area contributed by atoms with E-state index in [1.165, 1.54) is 6.42 Å². The number of carbonyl (C=O) groups is 1. The van der Waals surface area contributed by atoms with Gasteiger partial charge in [-0.15, -0.1) is 0 Å². The number of ketones is 1. The third-order valence-corrected chi connectivity index (χ3v) is 2.17. The maximum absolute atomic E-state index is 10.9. The third-order valence-electron chi connectivity index (χ3n) is 2.17. The second kappa shape index (κ2) is 4.58. The minimum Gasteiger partial charge on any atom is -0.363 e. The summed E-state index contributed by atoms with van der Waals surface area (Å²) in [5, 5.41) is 0. The molecule has 1 aliphatic heterocycles. The minimum absolute atomic E-state index is 0.0185. The van der Waals surface area contributed by atoms with Gasteiger partial charge in [-0.05, 0) is 26.8 Å². The predicted molar refractivity (Wildman–Crippen MR) is 46.9 cm³/mol. The van der Waals surface area contributed by atoms with E-state index in [-0.39, 0.29) is 12.0 Å². The Morgan fingerprint density at radius 2 is 2.33 bits per heavy atom. The Morgan fingerprint density at radius 1 is 1.58 bits per heavy atom. The summed E-state index contributed by atoms with van der Waals surface area (Å²) in [5.41, 5.74) is 0. The molecule has 12 heavy (non-hydrogen) atoms. The van der Waals surface area contributed by atoms with Crippen LogP contribution in [0.3, 0.4) is 0 Å². The van der Waals surface area contributed by atoms with Crippen LogP contribution in [0.4, 0.5) is 0 Å². The molecule has 0 saturated carbocycles. The lowest BCUT2D eigenvalue weighted by atomic mass is 10.2. The van der Waals surface area contributed by atoms with Crippen molar-refractivity contribution < 1.29 is 9.53 Å². The Labute approximate surface area is 73.7 Å². The van der Waals surface area contributed by atoms with Gasteiger partial charge in [-0.1, -0.05) is 0 Å². The molecule has 0 N–H and O–H groups in total. The highest BCUT2D eigenvalue weighted by atomic mass is 16.5. The summed E-state index contributed by atoms with van der Waals surface area (Å²) in [4.78, 5) is 13.0. The average Bonchev–Trinajstić information content (AvgIpc) is 2.16. The summed E-state index contributed by atoms with van der Waals surface area (Å²) in [6.45, 7) is 3.45. The average molecular weight is 171 g/mol. The van der Waals surface area contributed by atoms with Gasteiger partial charge in [0.05, 0.1) is 0 Å². The molecule has 1 saturated heterocycles. The van der Waals surface area contributed by atoms with Crippen LogP contribution in [0.5, 0.6) is 0 Å². The molecule has 0 aromatic heterocycles. The van der Waals surface area contributed by atoms with Crippen LogP contribution >= 0.6 is 0 Å². The first-order valence-corrected chi connectivity index (χ1v) is 4.51. The van der Waals surface area contributed by atoms with Crippen molar-refractivity contribution in [3.8, 4) is 0 Å². The van der Waals surface area contributed by atoms with Crippen LogP contribution in [0.25, 0.3) is 0 Å². The Morgan fingerprint density at radius 3 is 3.00 bits per heavy atom. The van der Waals surface area contributed by atoms with Crippen molar-refractivity contribution in [1.82, 2.24) is 4.90 Å². The number of rotatable bonds is 2. The highest BCUT2D eigenvalue weighted by molar-refractivity contribution is 5.75. The van der Waals surface area contributed by atoms with Crippen LogP contribution in [-0.2, 0) is 9.53 Å². The molecule has 1 unspecified atom stereocenters. The fourth-order valence-corrected chi connectivity index (χ4v) is 1.41. The number of carbonyl (C=O) groups excluding carboxylic acids is 1. The molecule has 0 aromatic rings.